The first kappa shape index (κ1) is 12.8. The van der Waals surface area contributed by atoms with Crippen molar-refractivity contribution in [1.29, 1.82) is 0 Å². The van der Waals surface area contributed by atoms with Gasteiger partial charge in [-0.3, -0.25) is 0 Å². The second kappa shape index (κ2) is 10.9. The molecule has 0 bridgehead atoms. The molecule has 1 unspecified atom stereocenters. The predicted molar refractivity (Wildman–Crippen MR) is 221 cm³/mol. The topological polar surface area (TPSA) is 0 Å². The number of rotatable bonds is 3. The molecular weight excluding hydrogens is 625 g/mol. The van der Waals surface area contributed by atoms with E-state index in [4.69, 9.17) is 16.4 Å². The van der Waals surface area contributed by atoms with Crippen molar-refractivity contribution in [2.45, 2.75) is 25.7 Å². The Bertz CT molecular complexity index is 4480. The fraction of sp³-hybridized carbons (Fsp3) is 0.0769. The molecule has 0 fully saturated rings. The van der Waals surface area contributed by atoms with E-state index in [1.54, 1.807) is 0 Å². The van der Waals surface area contributed by atoms with Gasteiger partial charge in [0.25, 0.3) is 0 Å². The Kier molecular flexibility index (Phi) is 2.67. The highest BCUT2D eigenvalue weighted by Gasteiger charge is 2.35. The predicted octanol–water partition coefficient (Wildman–Crippen LogP) is 14.0. The molecule has 9 aromatic rings. The molecule has 0 aliphatic heterocycles. The molecule has 0 spiro atoms. The Morgan fingerprint density at radius 2 is 0.904 bits per heavy atom. The summed E-state index contributed by atoms with van der Waals surface area (Å²) in [6.45, 7) is 3.08. The minimum absolute atomic E-state index is 0.00257. The zero-order valence-corrected chi connectivity index (χ0v) is 27.1. The van der Waals surface area contributed by atoms with Gasteiger partial charge in [0.1, 0.15) is 0 Å². The summed E-state index contributed by atoms with van der Waals surface area (Å²) in [6, 6.07) is -23.7. The summed E-state index contributed by atoms with van der Waals surface area (Å²) in [4.78, 5) is 0. The van der Waals surface area contributed by atoms with E-state index >= 15 is 0 Å². The van der Waals surface area contributed by atoms with Crippen molar-refractivity contribution in [2.75, 3.05) is 0 Å². The molecule has 2 aliphatic rings. The highest BCUT2D eigenvalue weighted by Crippen LogP contribution is 2.50. The van der Waals surface area contributed by atoms with Gasteiger partial charge in [0.2, 0.25) is 0 Å². The Morgan fingerprint density at radius 1 is 0.404 bits per heavy atom. The molecule has 0 aromatic heterocycles. The third-order valence-corrected chi connectivity index (χ3v) is 9.60. The van der Waals surface area contributed by atoms with Crippen LogP contribution in [0.25, 0.3) is 88.0 Å². The second-order valence-electron chi connectivity index (χ2n) is 12.8. The standard InChI is InChI=1S/C52H36/c1-52(2)48-18-10-9-13-40(48)47-30-36(25-26-49(47)52)32-19-21-33(22-20-32)50-41-14-5-7-16-43(41)51(44-17-8-6-15-42(44)50)38-24-23-37-28-39-27-34-11-3-4-12-35(34)29-46(39)45(37)31-38/h3-27,29-31H,28H2,1-2H3/i3D,4D,5D,6D,7D,8D,9D,10D,11D,12D,13D,14D,15D,16D,17D,18D,19D,20D,21D,22D,23D,24D,25D,26D,27D,28D,29D,30D,31D. The smallest absolute Gasteiger partial charge is 0.0619 e. The summed E-state index contributed by atoms with van der Waals surface area (Å²) >= 11 is 0. The summed E-state index contributed by atoms with van der Waals surface area (Å²) in [7, 11) is 0. The van der Waals surface area contributed by atoms with E-state index in [2.05, 4.69) is 0 Å². The van der Waals surface area contributed by atoms with Crippen LogP contribution < -0.4 is 0 Å². The molecule has 52 heavy (non-hydrogen) atoms. The lowest BCUT2D eigenvalue weighted by molar-refractivity contribution is 0.660. The maximum atomic E-state index is 9.95. The van der Waals surface area contributed by atoms with Crippen molar-refractivity contribution < 1.29 is 39.8 Å². The molecule has 244 valence electrons. The van der Waals surface area contributed by atoms with Gasteiger partial charge in [0.15, 0.2) is 0 Å². The average Bonchev–Trinajstić information content (AvgIpc) is 3.79. The zero-order valence-electron chi connectivity index (χ0n) is 56.1. The fourth-order valence-electron chi connectivity index (χ4n) is 7.15. The van der Waals surface area contributed by atoms with Crippen LogP contribution in [0, 0.1) is 0 Å². The summed E-state index contributed by atoms with van der Waals surface area (Å²) in [6.07, 6.45) is -1.83. The maximum Gasteiger partial charge on any atom is 0.0636 e. The summed E-state index contributed by atoms with van der Waals surface area (Å²) in [5.74, 6) is 0. The Labute approximate surface area is 345 Å². The molecule has 0 N–H and O–H groups in total. The summed E-state index contributed by atoms with van der Waals surface area (Å²) in [5.41, 5.74) is -8.08. The molecule has 0 radical (unpaired) electrons. The van der Waals surface area contributed by atoms with Crippen LogP contribution in [0.3, 0.4) is 0 Å². The average molecular weight is 690 g/mol. The number of fused-ring (bicyclic) bond motifs is 9. The van der Waals surface area contributed by atoms with E-state index in [0.717, 1.165) is 0 Å². The van der Waals surface area contributed by atoms with Gasteiger partial charge in [-0.05, 0) is 135 Å². The Balaban J connectivity index is 1.31. The first-order valence-corrected chi connectivity index (χ1v) is 16.1. The van der Waals surface area contributed by atoms with Crippen molar-refractivity contribution in [2.24, 2.45) is 0 Å². The summed E-state index contributed by atoms with van der Waals surface area (Å²) < 4.78 is 266. The molecule has 2 aliphatic carbocycles. The van der Waals surface area contributed by atoms with Crippen molar-refractivity contribution >= 4 is 32.3 Å². The largest absolute Gasteiger partial charge is 0.0636 e. The Hall–Kier alpha value is -6.24. The van der Waals surface area contributed by atoms with Crippen LogP contribution in [0.4, 0.5) is 0 Å². The molecule has 0 amide bonds. The van der Waals surface area contributed by atoms with E-state index in [1.165, 1.54) is 13.8 Å². The molecule has 0 saturated heterocycles. The molecule has 0 heteroatoms. The lowest BCUT2D eigenvalue weighted by atomic mass is 9.82. The van der Waals surface area contributed by atoms with Gasteiger partial charge < -0.3 is 0 Å². The number of benzene rings is 9. The van der Waals surface area contributed by atoms with Gasteiger partial charge >= 0.3 is 0 Å². The van der Waals surface area contributed by atoms with E-state index in [0.29, 0.717) is 0 Å². The van der Waals surface area contributed by atoms with E-state index in [9.17, 15) is 23.3 Å². The van der Waals surface area contributed by atoms with Crippen molar-refractivity contribution in [3.05, 3.63) is 191 Å². The van der Waals surface area contributed by atoms with Crippen LogP contribution in [-0.4, -0.2) is 0 Å². The maximum absolute atomic E-state index is 9.95. The minimum Gasteiger partial charge on any atom is -0.0619 e. The lowest BCUT2D eigenvalue weighted by Crippen LogP contribution is -2.14. The Morgan fingerprint density at radius 3 is 1.62 bits per heavy atom. The second-order valence-corrected chi connectivity index (χ2v) is 12.8. The van der Waals surface area contributed by atoms with Gasteiger partial charge in [0.05, 0.1) is 38.4 Å². The van der Waals surface area contributed by atoms with Crippen LogP contribution in [0.1, 0.15) is 75.9 Å². The first-order valence-electron chi connectivity index (χ1n) is 30.7. The molecule has 0 saturated carbocycles. The third kappa shape index (κ3) is 4.22. The van der Waals surface area contributed by atoms with Crippen molar-refractivity contribution in [3.8, 4) is 55.6 Å². The van der Waals surface area contributed by atoms with Gasteiger partial charge in [-0.1, -0.05) is 165 Å². The SMILES string of the molecule is [2H]c1c([2H])c([2H])c2c(c1[2H])-c1c([2H])c(-c3c([2H])c([2H])c(-c4c5c([2H])c([2H])c([2H])c([2H])c5c(-c5c([2H])c([2H])c6c(c5[2H])-c5c(c([2H])c7c([2H])c([2H])c([2H])c([2H])c7c5[2H])C6[2H])c5c([2H])c([2H])c([2H])c([2H])c45)c([2H])c3[2H])c([2H])c([2H])c1C2(C)C. The number of hydrogen-bond acceptors (Lipinski definition) is 0. The highest BCUT2D eigenvalue weighted by molar-refractivity contribution is 6.21. The first-order chi connectivity index (χ1) is 37.7. The van der Waals surface area contributed by atoms with Crippen LogP contribution in [0.2, 0.25) is 0 Å². The molecule has 1 atom stereocenters. The highest BCUT2D eigenvalue weighted by atomic mass is 14.4. The van der Waals surface area contributed by atoms with Gasteiger partial charge in [0, 0.05) is 6.79 Å². The molecular formula is C52H36. The van der Waals surface area contributed by atoms with Gasteiger partial charge in [-0.15, -0.1) is 0 Å². The van der Waals surface area contributed by atoms with Crippen molar-refractivity contribution in [3.63, 3.8) is 0 Å². The van der Waals surface area contributed by atoms with E-state index < -0.39 is 263 Å². The normalized spacial score (nSPS) is 22.9. The van der Waals surface area contributed by atoms with Crippen LogP contribution in [0.5, 0.6) is 0 Å². The third-order valence-electron chi connectivity index (χ3n) is 9.60. The minimum atomic E-state index is -1.83. The van der Waals surface area contributed by atoms with Crippen LogP contribution >= 0.6 is 0 Å². The van der Waals surface area contributed by atoms with E-state index in [1.807, 2.05) is 0 Å². The zero-order chi connectivity index (χ0) is 59.8. The lowest BCUT2D eigenvalue weighted by Gasteiger charge is -2.21. The van der Waals surface area contributed by atoms with E-state index in [-0.39, 0.29) is 27.8 Å². The monoisotopic (exact) mass is 689 g/mol. The molecule has 11 rings (SSSR count). The molecule has 9 aromatic carbocycles. The quantitative estimate of drug-likeness (QED) is 0.162. The van der Waals surface area contributed by atoms with Crippen molar-refractivity contribution in [1.82, 2.24) is 0 Å². The van der Waals surface area contributed by atoms with Crippen LogP contribution in [-0.2, 0) is 11.8 Å². The van der Waals surface area contributed by atoms with Crippen LogP contribution in [0.15, 0.2) is 169 Å². The fourth-order valence-corrected chi connectivity index (χ4v) is 7.15. The summed E-state index contributed by atoms with van der Waals surface area (Å²) in [5, 5.41) is -3.89. The molecule has 0 heterocycles. The number of hydrogen-bond donors (Lipinski definition) is 0. The molecule has 0 nitrogen and oxygen atoms in total. The van der Waals surface area contributed by atoms with Gasteiger partial charge in [-0.25, -0.2) is 0 Å². The van der Waals surface area contributed by atoms with Gasteiger partial charge in [-0.2, -0.15) is 0 Å².